The maximum absolute atomic E-state index is 13.6. The molecule has 2 unspecified atom stereocenters. The number of imidazole rings is 1. The molecule has 0 radical (unpaired) electrons. The molecule has 4 fully saturated rings. The summed E-state index contributed by atoms with van der Waals surface area (Å²) in [6.07, 6.45) is 3.07. The zero-order chi connectivity index (χ0) is 39.8. The van der Waals surface area contributed by atoms with Crippen molar-refractivity contribution in [3.8, 4) is 0 Å². The molecule has 4 aromatic rings. The Labute approximate surface area is 331 Å². The number of hydrogen-bond donors (Lipinski definition) is 2. The molecule has 2 aromatic heterocycles. The molecule has 2 amide bonds. The molecular formula is C40H48F3N9O4S. The minimum absolute atomic E-state index is 0.0209. The number of nitrogens with one attached hydrogen (secondary N) is 2. The van der Waals surface area contributed by atoms with Crippen molar-refractivity contribution >= 4 is 45.5 Å². The quantitative estimate of drug-likeness (QED) is 0.228. The fourth-order valence-corrected chi connectivity index (χ4v) is 10.3. The van der Waals surface area contributed by atoms with E-state index < -0.39 is 34.7 Å². The van der Waals surface area contributed by atoms with E-state index in [1.807, 2.05) is 34.6 Å². The van der Waals surface area contributed by atoms with Crippen LogP contribution in [0, 0.1) is 5.92 Å². The number of aryl methyl sites for hydroxylation is 1. The molecule has 2 atom stereocenters. The second-order valence-corrected chi connectivity index (χ2v) is 17.3. The third-order valence-corrected chi connectivity index (χ3v) is 13.7. The first kappa shape index (κ1) is 39.2. The van der Waals surface area contributed by atoms with Crippen LogP contribution < -0.4 is 21.2 Å². The number of imide groups is 1. The summed E-state index contributed by atoms with van der Waals surface area (Å²) < 4.78 is 57.4. The van der Waals surface area contributed by atoms with E-state index in [1.54, 1.807) is 16.2 Å². The van der Waals surface area contributed by atoms with Gasteiger partial charge < -0.3 is 15.1 Å². The molecule has 4 aliphatic heterocycles. The lowest BCUT2D eigenvalue weighted by Gasteiger charge is -2.38. The first-order chi connectivity index (χ1) is 27.4. The lowest BCUT2D eigenvalue weighted by Crippen LogP contribution is -2.44. The van der Waals surface area contributed by atoms with Gasteiger partial charge in [0.25, 0.3) is 0 Å². The van der Waals surface area contributed by atoms with Crippen LogP contribution in [0.5, 0.6) is 0 Å². The molecule has 0 saturated carbocycles. The molecule has 57 heavy (non-hydrogen) atoms. The second-order valence-electron chi connectivity index (χ2n) is 15.8. The summed E-state index contributed by atoms with van der Waals surface area (Å²) in [5.74, 6) is 0.326. The number of amides is 2. The Morgan fingerprint density at radius 3 is 2.26 bits per heavy atom. The van der Waals surface area contributed by atoms with Crippen LogP contribution >= 0.6 is 0 Å². The number of rotatable bonds is 9. The van der Waals surface area contributed by atoms with Crippen LogP contribution in [0.15, 0.2) is 64.5 Å². The predicted octanol–water partition coefficient (Wildman–Crippen LogP) is 4.82. The van der Waals surface area contributed by atoms with Crippen molar-refractivity contribution < 1.29 is 27.0 Å². The van der Waals surface area contributed by atoms with E-state index in [0.29, 0.717) is 44.2 Å². The minimum Gasteiger partial charge on any atom is -0.371 e. The summed E-state index contributed by atoms with van der Waals surface area (Å²) in [6.45, 7) is 6.02. The smallest absolute Gasteiger partial charge is 0.371 e. The first-order valence-corrected chi connectivity index (χ1v) is 21.0. The van der Waals surface area contributed by atoms with Gasteiger partial charge in [0.1, 0.15) is 17.0 Å². The van der Waals surface area contributed by atoms with Gasteiger partial charge in [-0.05, 0) is 99.7 Å². The van der Waals surface area contributed by atoms with Gasteiger partial charge in [0, 0.05) is 70.3 Å². The lowest BCUT2D eigenvalue weighted by atomic mass is 9.87. The molecule has 0 bridgehead atoms. The van der Waals surface area contributed by atoms with Crippen LogP contribution in [0.25, 0.3) is 11.0 Å². The molecule has 0 aliphatic carbocycles. The average molecular weight is 808 g/mol. The van der Waals surface area contributed by atoms with Crippen molar-refractivity contribution in [3.63, 3.8) is 0 Å². The second kappa shape index (κ2) is 16.3. The van der Waals surface area contributed by atoms with E-state index >= 15 is 0 Å². The van der Waals surface area contributed by atoms with Gasteiger partial charge in [-0.2, -0.15) is 13.2 Å². The lowest BCUT2D eigenvalue weighted by molar-refractivity contribution is -0.138. The van der Waals surface area contributed by atoms with E-state index in [9.17, 15) is 31.8 Å². The van der Waals surface area contributed by atoms with Gasteiger partial charge in [-0.15, -0.1) is 0 Å². The van der Waals surface area contributed by atoms with Crippen molar-refractivity contribution in [2.45, 2.75) is 80.4 Å². The van der Waals surface area contributed by atoms with Crippen LogP contribution in [0.4, 0.5) is 24.8 Å². The van der Waals surface area contributed by atoms with Gasteiger partial charge in [0.2, 0.25) is 17.8 Å². The molecule has 13 nitrogen and oxygen atoms in total. The molecule has 4 saturated heterocycles. The summed E-state index contributed by atoms with van der Waals surface area (Å²) in [6, 6.07) is 13.3. The SMILES string of the molecule is Cn1c(=O)n(C2CCC(=O)NC2=O)c2cccc(C3CCN(CC4CCN(c5cccc(S(=O)N6CCC(Nc7ncc(C(F)(F)F)cn7)CC6)c5)CC4)CC3)c21. The molecule has 6 heterocycles. The summed E-state index contributed by atoms with van der Waals surface area (Å²) in [5.41, 5.74) is 2.71. The fraction of sp³-hybridized carbons (Fsp3) is 0.525. The van der Waals surface area contributed by atoms with Gasteiger partial charge in [-0.1, -0.05) is 18.2 Å². The van der Waals surface area contributed by atoms with Crippen LogP contribution in [0.3, 0.4) is 0 Å². The topological polar surface area (TPSA) is 138 Å². The highest BCUT2D eigenvalue weighted by atomic mass is 32.2. The molecular weight excluding hydrogens is 760 g/mol. The summed E-state index contributed by atoms with van der Waals surface area (Å²) in [5, 5.41) is 5.51. The highest BCUT2D eigenvalue weighted by Gasteiger charge is 2.34. The number of hydrogen-bond acceptors (Lipinski definition) is 9. The number of piperidine rings is 4. The zero-order valence-corrected chi connectivity index (χ0v) is 32.7. The average Bonchev–Trinajstić information content (AvgIpc) is 3.47. The van der Waals surface area contributed by atoms with Crippen molar-refractivity contribution in [2.24, 2.45) is 13.0 Å². The molecule has 2 aromatic carbocycles. The number of alkyl halides is 3. The Kier molecular flexibility index (Phi) is 11.2. The summed E-state index contributed by atoms with van der Waals surface area (Å²) in [7, 11) is 0.438. The van der Waals surface area contributed by atoms with E-state index in [4.69, 9.17) is 0 Å². The Hall–Kier alpha value is -4.61. The summed E-state index contributed by atoms with van der Waals surface area (Å²) in [4.78, 5) is 51.3. The number of aromatic nitrogens is 4. The summed E-state index contributed by atoms with van der Waals surface area (Å²) >= 11 is 0. The Morgan fingerprint density at radius 1 is 0.877 bits per heavy atom. The van der Waals surface area contributed by atoms with Crippen molar-refractivity contribution in [1.29, 1.82) is 0 Å². The third-order valence-electron chi connectivity index (χ3n) is 12.2. The predicted molar refractivity (Wildman–Crippen MR) is 210 cm³/mol. The monoisotopic (exact) mass is 807 g/mol. The molecule has 304 valence electrons. The number of likely N-dealkylation sites (tertiary alicyclic amines) is 1. The van der Waals surface area contributed by atoms with E-state index in [2.05, 4.69) is 42.5 Å². The molecule has 4 aliphatic rings. The van der Waals surface area contributed by atoms with Crippen LogP contribution in [0.1, 0.15) is 74.5 Å². The molecule has 2 N–H and O–H groups in total. The van der Waals surface area contributed by atoms with E-state index in [1.165, 1.54) is 0 Å². The third kappa shape index (κ3) is 8.37. The molecule has 0 spiro atoms. The minimum atomic E-state index is -4.48. The van der Waals surface area contributed by atoms with E-state index in [0.717, 1.165) is 98.0 Å². The van der Waals surface area contributed by atoms with Crippen LogP contribution in [-0.4, -0.2) is 96.2 Å². The molecule has 17 heteroatoms. The number of fused-ring (bicyclic) bond motifs is 1. The number of carbonyl (C=O) groups excluding carboxylic acids is 2. The van der Waals surface area contributed by atoms with Crippen molar-refractivity contribution in [2.75, 3.05) is 56.0 Å². The van der Waals surface area contributed by atoms with Crippen molar-refractivity contribution in [3.05, 3.63) is 76.5 Å². The van der Waals surface area contributed by atoms with Gasteiger partial charge in [-0.3, -0.25) is 24.0 Å². The number of carbonyl (C=O) groups is 2. The zero-order valence-electron chi connectivity index (χ0n) is 31.9. The number of para-hydroxylation sites is 1. The number of benzene rings is 2. The highest BCUT2D eigenvalue weighted by molar-refractivity contribution is 7.82. The van der Waals surface area contributed by atoms with Gasteiger partial charge in [-0.25, -0.2) is 23.3 Å². The van der Waals surface area contributed by atoms with Gasteiger partial charge in [0.15, 0.2) is 0 Å². The maximum atomic E-state index is 13.6. The first-order valence-electron chi connectivity index (χ1n) is 19.9. The Bertz CT molecular complexity index is 2190. The van der Waals surface area contributed by atoms with Crippen molar-refractivity contribution in [1.82, 2.24) is 33.6 Å². The van der Waals surface area contributed by atoms with Gasteiger partial charge >= 0.3 is 11.9 Å². The van der Waals surface area contributed by atoms with E-state index in [-0.39, 0.29) is 30.0 Å². The Balaban J connectivity index is 0.809. The molecule has 8 rings (SSSR count). The standard InChI is InChI=1S/C40H48F3N9O4S/c1-48-36-32(6-3-7-33(36)52(39(48)55)34-8-9-35(53)47-37(34)54)27-12-16-49(17-13-27)25-26-10-18-50(19-11-26)30-4-2-5-31(22-30)57(56)51-20-14-29(15-21-51)46-38-44-23-28(24-45-38)40(41,42)43/h2-7,22-24,26-27,29,34H,8-21,25H2,1H3,(H,44,45,46)(H,47,53,54). The van der Waals surface area contributed by atoms with Crippen LogP contribution in [-0.2, 0) is 33.8 Å². The largest absolute Gasteiger partial charge is 0.419 e. The number of anilines is 2. The fourth-order valence-electron chi connectivity index (χ4n) is 9.03. The van der Waals surface area contributed by atoms with Crippen LogP contribution in [0.2, 0.25) is 0 Å². The number of nitrogens with zero attached hydrogens (tertiary/aromatic N) is 7. The highest BCUT2D eigenvalue weighted by Crippen LogP contribution is 2.35. The normalized spacial score (nSPS) is 21.9. The number of halogens is 3. The maximum Gasteiger partial charge on any atom is 0.419 e. The van der Waals surface area contributed by atoms with Gasteiger partial charge in [0.05, 0.1) is 21.5 Å². The Morgan fingerprint density at radius 2 is 1.58 bits per heavy atom.